The Morgan fingerprint density at radius 3 is 2.29 bits per heavy atom. The van der Waals surface area contributed by atoms with Crippen LogP contribution in [0.1, 0.15) is 20.3 Å². The maximum Gasteiger partial charge on any atom is 0.214 e. The second-order valence-corrected chi connectivity index (χ2v) is 6.64. The number of rotatable bonds is 6. The lowest BCUT2D eigenvalue weighted by atomic mass is 10.2. The standard InChI is InChI=1S/C11H24N2O3S/c1-4-9-17(14,15)13-7-5-12(6-8-13)11(2)10-16-3/h11H,4-10H2,1-3H3. The zero-order chi connectivity index (χ0) is 12.9. The first kappa shape index (κ1) is 14.9. The number of ether oxygens (including phenoxy) is 1. The van der Waals surface area contributed by atoms with Crippen LogP contribution in [-0.4, -0.2) is 69.3 Å². The van der Waals surface area contributed by atoms with Crippen LogP contribution in [-0.2, 0) is 14.8 Å². The summed E-state index contributed by atoms with van der Waals surface area (Å²) in [5, 5.41) is 0. The molecule has 1 saturated heterocycles. The summed E-state index contributed by atoms with van der Waals surface area (Å²) in [6.45, 7) is 7.52. The zero-order valence-electron chi connectivity index (χ0n) is 11.1. The summed E-state index contributed by atoms with van der Waals surface area (Å²) in [6, 6.07) is 0.357. The summed E-state index contributed by atoms with van der Waals surface area (Å²) in [4.78, 5) is 2.28. The van der Waals surface area contributed by atoms with Crippen LogP contribution in [0.3, 0.4) is 0 Å². The van der Waals surface area contributed by atoms with Crippen molar-refractivity contribution in [3.8, 4) is 0 Å². The van der Waals surface area contributed by atoms with E-state index < -0.39 is 10.0 Å². The Morgan fingerprint density at radius 1 is 1.24 bits per heavy atom. The number of nitrogens with zero attached hydrogens (tertiary/aromatic N) is 2. The Balaban J connectivity index is 2.45. The third-order valence-electron chi connectivity index (χ3n) is 3.16. The summed E-state index contributed by atoms with van der Waals surface area (Å²) in [6.07, 6.45) is 0.683. The van der Waals surface area contributed by atoms with Crippen molar-refractivity contribution in [3.05, 3.63) is 0 Å². The molecule has 0 aliphatic carbocycles. The molecule has 6 heteroatoms. The first-order valence-electron chi connectivity index (χ1n) is 6.22. The minimum atomic E-state index is -3.02. The molecule has 0 bridgehead atoms. The molecule has 0 aromatic heterocycles. The van der Waals surface area contributed by atoms with Crippen LogP contribution in [0.25, 0.3) is 0 Å². The first-order valence-corrected chi connectivity index (χ1v) is 7.83. The second kappa shape index (κ2) is 6.68. The molecule has 1 rings (SSSR count). The molecule has 5 nitrogen and oxygen atoms in total. The molecule has 1 fully saturated rings. The molecular weight excluding hydrogens is 240 g/mol. The van der Waals surface area contributed by atoms with Gasteiger partial charge in [-0.25, -0.2) is 8.42 Å². The molecule has 0 aromatic carbocycles. The van der Waals surface area contributed by atoms with Gasteiger partial charge in [-0.1, -0.05) is 6.92 Å². The van der Waals surface area contributed by atoms with E-state index >= 15 is 0 Å². The Labute approximate surface area is 105 Å². The van der Waals surface area contributed by atoms with Crippen LogP contribution in [0.15, 0.2) is 0 Å². The summed E-state index contributed by atoms with van der Waals surface area (Å²) in [5.41, 5.74) is 0. The van der Waals surface area contributed by atoms with Crippen molar-refractivity contribution in [2.24, 2.45) is 0 Å². The fourth-order valence-electron chi connectivity index (χ4n) is 2.16. The van der Waals surface area contributed by atoms with Crippen molar-refractivity contribution in [3.63, 3.8) is 0 Å². The van der Waals surface area contributed by atoms with E-state index in [1.54, 1.807) is 11.4 Å². The van der Waals surface area contributed by atoms with Crippen molar-refractivity contribution in [2.45, 2.75) is 26.3 Å². The molecule has 0 radical (unpaired) electrons. The van der Waals surface area contributed by atoms with Gasteiger partial charge >= 0.3 is 0 Å². The topological polar surface area (TPSA) is 49.9 Å². The van der Waals surface area contributed by atoms with Crippen LogP contribution in [0.4, 0.5) is 0 Å². The van der Waals surface area contributed by atoms with E-state index in [1.165, 1.54) is 0 Å². The van der Waals surface area contributed by atoms with E-state index in [9.17, 15) is 8.42 Å². The fraction of sp³-hybridized carbons (Fsp3) is 1.00. The maximum absolute atomic E-state index is 11.9. The van der Waals surface area contributed by atoms with Gasteiger partial charge in [0.2, 0.25) is 10.0 Å². The molecule has 17 heavy (non-hydrogen) atoms. The number of piperazine rings is 1. The van der Waals surface area contributed by atoms with Gasteiger partial charge in [-0.05, 0) is 13.3 Å². The van der Waals surface area contributed by atoms with Crippen molar-refractivity contribution >= 4 is 10.0 Å². The van der Waals surface area contributed by atoms with E-state index in [0.717, 1.165) is 13.1 Å². The van der Waals surface area contributed by atoms with Crippen LogP contribution < -0.4 is 0 Å². The molecule has 0 saturated carbocycles. The Bertz CT molecular complexity index is 311. The molecule has 0 aromatic rings. The van der Waals surface area contributed by atoms with Crippen molar-refractivity contribution in [2.75, 3.05) is 45.6 Å². The van der Waals surface area contributed by atoms with E-state index in [0.29, 0.717) is 32.2 Å². The third-order valence-corrected chi connectivity index (χ3v) is 5.24. The van der Waals surface area contributed by atoms with Gasteiger partial charge in [-0.3, -0.25) is 4.90 Å². The monoisotopic (exact) mass is 264 g/mol. The van der Waals surface area contributed by atoms with Crippen molar-refractivity contribution in [1.82, 2.24) is 9.21 Å². The Hall–Kier alpha value is -0.170. The highest BCUT2D eigenvalue weighted by Gasteiger charge is 2.27. The van der Waals surface area contributed by atoms with Gasteiger partial charge in [0.1, 0.15) is 0 Å². The van der Waals surface area contributed by atoms with Gasteiger partial charge in [0.15, 0.2) is 0 Å². The summed E-state index contributed by atoms with van der Waals surface area (Å²) < 4.78 is 30.5. The van der Waals surface area contributed by atoms with Gasteiger partial charge < -0.3 is 4.74 Å². The van der Waals surface area contributed by atoms with E-state index in [4.69, 9.17) is 4.74 Å². The Morgan fingerprint density at radius 2 is 1.82 bits per heavy atom. The van der Waals surface area contributed by atoms with Gasteiger partial charge in [0.25, 0.3) is 0 Å². The molecule has 0 N–H and O–H groups in total. The van der Waals surface area contributed by atoms with Crippen LogP contribution in [0.5, 0.6) is 0 Å². The molecule has 102 valence electrons. The SMILES string of the molecule is CCCS(=O)(=O)N1CCN(C(C)COC)CC1. The molecule has 1 aliphatic rings. The number of hydrogen-bond donors (Lipinski definition) is 0. The quantitative estimate of drug-likeness (QED) is 0.696. The molecule has 1 atom stereocenters. The van der Waals surface area contributed by atoms with Gasteiger partial charge in [-0.15, -0.1) is 0 Å². The van der Waals surface area contributed by atoms with E-state index in [-0.39, 0.29) is 5.75 Å². The van der Waals surface area contributed by atoms with E-state index in [1.807, 2.05) is 6.92 Å². The highest BCUT2D eigenvalue weighted by Crippen LogP contribution is 2.11. The molecular formula is C11H24N2O3S. The third kappa shape index (κ3) is 4.21. The van der Waals surface area contributed by atoms with Crippen LogP contribution >= 0.6 is 0 Å². The predicted molar refractivity (Wildman–Crippen MR) is 68.6 cm³/mol. The highest BCUT2D eigenvalue weighted by atomic mass is 32.2. The highest BCUT2D eigenvalue weighted by molar-refractivity contribution is 7.89. The summed E-state index contributed by atoms with van der Waals surface area (Å²) in [7, 11) is -1.33. The maximum atomic E-state index is 11.9. The Kier molecular flexibility index (Phi) is 5.85. The lowest BCUT2D eigenvalue weighted by Gasteiger charge is -2.37. The normalized spacial score (nSPS) is 21.6. The van der Waals surface area contributed by atoms with Gasteiger partial charge in [0, 0.05) is 39.3 Å². The lowest BCUT2D eigenvalue weighted by molar-refractivity contribution is 0.0766. The fourth-order valence-corrected chi connectivity index (χ4v) is 3.65. The zero-order valence-corrected chi connectivity index (χ0v) is 11.9. The number of sulfonamides is 1. The number of hydrogen-bond acceptors (Lipinski definition) is 4. The lowest BCUT2D eigenvalue weighted by Crippen LogP contribution is -2.52. The average Bonchev–Trinajstić information content (AvgIpc) is 2.29. The molecule has 1 unspecified atom stereocenters. The first-order chi connectivity index (χ1) is 8.01. The van der Waals surface area contributed by atoms with Gasteiger partial charge in [0.05, 0.1) is 12.4 Å². The predicted octanol–water partition coefficient (Wildman–Crippen LogP) is 0.379. The molecule has 1 aliphatic heterocycles. The van der Waals surface area contributed by atoms with Crippen molar-refractivity contribution in [1.29, 1.82) is 0 Å². The minimum absolute atomic E-state index is 0.265. The number of methoxy groups -OCH3 is 1. The van der Waals surface area contributed by atoms with E-state index in [2.05, 4.69) is 11.8 Å². The molecule has 0 spiro atoms. The average molecular weight is 264 g/mol. The molecule has 1 heterocycles. The second-order valence-electron chi connectivity index (χ2n) is 4.56. The van der Waals surface area contributed by atoms with Crippen LogP contribution in [0.2, 0.25) is 0 Å². The summed E-state index contributed by atoms with van der Waals surface area (Å²) in [5.74, 6) is 0.265. The van der Waals surface area contributed by atoms with Crippen molar-refractivity contribution < 1.29 is 13.2 Å². The van der Waals surface area contributed by atoms with Gasteiger partial charge in [-0.2, -0.15) is 4.31 Å². The summed E-state index contributed by atoms with van der Waals surface area (Å²) >= 11 is 0. The van der Waals surface area contributed by atoms with Crippen LogP contribution in [0, 0.1) is 0 Å². The smallest absolute Gasteiger partial charge is 0.214 e. The largest absolute Gasteiger partial charge is 0.383 e. The molecule has 0 amide bonds. The minimum Gasteiger partial charge on any atom is -0.383 e.